The van der Waals surface area contributed by atoms with E-state index < -0.39 is 11.6 Å². The number of hydrogen-bond acceptors (Lipinski definition) is 1. The number of hydrogen-bond donors (Lipinski definition) is 1. The fourth-order valence-electron chi connectivity index (χ4n) is 1.94. The second kappa shape index (κ2) is 4.45. The molecule has 0 spiro atoms. The minimum Gasteiger partial charge on any atom is -0.314 e. The number of benzene rings is 1. The number of halogens is 3. The van der Waals surface area contributed by atoms with Crippen LogP contribution in [0.4, 0.5) is 8.78 Å². The standard InChI is InChI=1S/C11H12ClF2N/c12-7-4-10(13)9(11(14)5-7)6-8-2-1-3-15-8/h4-5,8,15H,1-3,6H2. The first-order valence-corrected chi connectivity index (χ1v) is 5.41. The summed E-state index contributed by atoms with van der Waals surface area (Å²) in [6.45, 7) is 0.932. The van der Waals surface area contributed by atoms with Crippen molar-refractivity contribution in [2.75, 3.05) is 6.54 Å². The second-order valence-electron chi connectivity index (χ2n) is 3.85. The Kier molecular flexibility index (Phi) is 3.22. The molecule has 1 N–H and O–H groups in total. The van der Waals surface area contributed by atoms with E-state index in [-0.39, 0.29) is 16.6 Å². The summed E-state index contributed by atoms with van der Waals surface area (Å²) < 4.78 is 26.8. The summed E-state index contributed by atoms with van der Waals surface area (Å²) in [5, 5.41) is 3.31. The predicted molar refractivity (Wildman–Crippen MR) is 56.1 cm³/mol. The van der Waals surface area contributed by atoms with Crippen molar-refractivity contribution in [3.05, 3.63) is 34.4 Å². The molecule has 0 saturated carbocycles. The van der Waals surface area contributed by atoms with E-state index >= 15 is 0 Å². The molecule has 1 fully saturated rings. The monoisotopic (exact) mass is 231 g/mol. The largest absolute Gasteiger partial charge is 0.314 e. The Balaban J connectivity index is 2.19. The van der Waals surface area contributed by atoms with Crippen molar-refractivity contribution >= 4 is 11.6 Å². The summed E-state index contributed by atoms with van der Waals surface area (Å²) in [7, 11) is 0. The van der Waals surface area contributed by atoms with Gasteiger partial charge in [-0.2, -0.15) is 0 Å². The molecular weight excluding hydrogens is 220 g/mol. The molecule has 2 rings (SSSR count). The van der Waals surface area contributed by atoms with E-state index in [4.69, 9.17) is 11.6 Å². The summed E-state index contributed by atoms with van der Waals surface area (Å²) in [4.78, 5) is 0. The van der Waals surface area contributed by atoms with Gasteiger partial charge in [-0.1, -0.05) is 11.6 Å². The Labute approximate surface area is 92.4 Å². The van der Waals surface area contributed by atoms with E-state index in [1.807, 2.05) is 0 Å². The molecule has 1 aliphatic heterocycles. The van der Waals surface area contributed by atoms with Crippen molar-refractivity contribution in [1.29, 1.82) is 0 Å². The molecular formula is C11H12ClF2N. The van der Waals surface area contributed by atoms with Gasteiger partial charge in [0.05, 0.1) is 0 Å². The fraction of sp³-hybridized carbons (Fsp3) is 0.455. The first-order valence-electron chi connectivity index (χ1n) is 5.03. The van der Waals surface area contributed by atoms with Gasteiger partial charge in [0.15, 0.2) is 0 Å². The normalized spacial score (nSPS) is 20.9. The maximum absolute atomic E-state index is 13.4. The first-order chi connectivity index (χ1) is 7.16. The van der Waals surface area contributed by atoms with Gasteiger partial charge in [-0.15, -0.1) is 0 Å². The lowest BCUT2D eigenvalue weighted by atomic mass is 10.0. The third-order valence-corrected chi connectivity index (χ3v) is 2.94. The highest BCUT2D eigenvalue weighted by atomic mass is 35.5. The SMILES string of the molecule is Fc1cc(Cl)cc(F)c1CC1CCCN1. The molecule has 82 valence electrons. The van der Waals surface area contributed by atoms with Crippen LogP contribution in [0.2, 0.25) is 5.02 Å². The molecule has 15 heavy (non-hydrogen) atoms. The Morgan fingerprint density at radius 1 is 1.33 bits per heavy atom. The molecule has 1 unspecified atom stereocenters. The lowest BCUT2D eigenvalue weighted by molar-refractivity contribution is 0.519. The van der Waals surface area contributed by atoms with E-state index in [1.165, 1.54) is 0 Å². The molecule has 0 radical (unpaired) electrons. The minimum atomic E-state index is -0.547. The molecule has 0 bridgehead atoms. The van der Waals surface area contributed by atoms with Crippen LogP contribution in [-0.4, -0.2) is 12.6 Å². The maximum atomic E-state index is 13.4. The highest BCUT2D eigenvalue weighted by Gasteiger charge is 2.19. The van der Waals surface area contributed by atoms with E-state index in [0.29, 0.717) is 6.42 Å². The summed E-state index contributed by atoms with van der Waals surface area (Å²) in [5.74, 6) is -1.09. The summed E-state index contributed by atoms with van der Waals surface area (Å²) in [6.07, 6.45) is 2.44. The third kappa shape index (κ3) is 2.47. The maximum Gasteiger partial charge on any atom is 0.130 e. The fourth-order valence-corrected chi connectivity index (χ4v) is 2.14. The lowest BCUT2D eigenvalue weighted by Gasteiger charge is -2.11. The van der Waals surface area contributed by atoms with Crippen LogP contribution < -0.4 is 5.32 Å². The van der Waals surface area contributed by atoms with Crippen molar-refractivity contribution < 1.29 is 8.78 Å². The van der Waals surface area contributed by atoms with Gasteiger partial charge in [-0.3, -0.25) is 0 Å². The molecule has 1 heterocycles. The highest BCUT2D eigenvalue weighted by Crippen LogP contribution is 2.22. The van der Waals surface area contributed by atoms with Crippen LogP contribution in [0, 0.1) is 11.6 Å². The zero-order valence-electron chi connectivity index (χ0n) is 8.19. The molecule has 1 aliphatic rings. The van der Waals surface area contributed by atoms with Crippen molar-refractivity contribution in [3.8, 4) is 0 Å². The van der Waals surface area contributed by atoms with Crippen molar-refractivity contribution in [3.63, 3.8) is 0 Å². The molecule has 0 aromatic heterocycles. The van der Waals surface area contributed by atoms with Gasteiger partial charge in [-0.05, 0) is 37.9 Å². The lowest BCUT2D eigenvalue weighted by Crippen LogP contribution is -2.24. The van der Waals surface area contributed by atoms with Crippen LogP contribution in [0.3, 0.4) is 0 Å². The van der Waals surface area contributed by atoms with Crippen LogP contribution in [0.5, 0.6) is 0 Å². The van der Waals surface area contributed by atoms with Crippen LogP contribution >= 0.6 is 11.6 Å². The number of rotatable bonds is 2. The molecule has 1 aromatic carbocycles. The third-order valence-electron chi connectivity index (χ3n) is 2.72. The molecule has 1 saturated heterocycles. The van der Waals surface area contributed by atoms with E-state index in [9.17, 15) is 8.78 Å². The van der Waals surface area contributed by atoms with Crippen LogP contribution in [0.1, 0.15) is 18.4 Å². The average molecular weight is 232 g/mol. The van der Waals surface area contributed by atoms with E-state index in [1.54, 1.807) is 0 Å². The Bertz CT molecular complexity index is 339. The Morgan fingerprint density at radius 2 is 2.00 bits per heavy atom. The van der Waals surface area contributed by atoms with Gasteiger partial charge in [0.25, 0.3) is 0 Å². The average Bonchev–Trinajstić information content (AvgIpc) is 2.63. The predicted octanol–water partition coefficient (Wildman–Crippen LogP) is 2.91. The second-order valence-corrected chi connectivity index (χ2v) is 4.28. The van der Waals surface area contributed by atoms with Crippen molar-refractivity contribution in [1.82, 2.24) is 5.32 Å². The first kappa shape index (κ1) is 10.8. The van der Waals surface area contributed by atoms with Crippen molar-refractivity contribution in [2.24, 2.45) is 0 Å². The van der Waals surface area contributed by atoms with Gasteiger partial charge in [0.2, 0.25) is 0 Å². The van der Waals surface area contributed by atoms with Gasteiger partial charge >= 0.3 is 0 Å². The molecule has 0 amide bonds. The summed E-state index contributed by atoms with van der Waals surface area (Å²) in [5.41, 5.74) is 0.138. The molecule has 4 heteroatoms. The quantitative estimate of drug-likeness (QED) is 0.825. The van der Waals surface area contributed by atoms with Crippen LogP contribution in [0.25, 0.3) is 0 Å². The highest BCUT2D eigenvalue weighted by molar-refractivity contribution is 6.30. The summed E-state index contributed by atoms with van der Waals surface area (Å²) in [6, 6.07) is 2.51. The van der Waals surface area contributed by atoms with Crippen molar-refractivity contribution in [2.45, 2.75) is 25.3 Å². The van der Waals surface area contributed by atoms with Gasteiger partial charge in [-0.25, -0.2) is 8.78 Å². The van der Waals surface area contributed by atoms with Crippen LogP contribution in [-0.2, 0) is 6.42 Å². The van der Waals surface area contributed by atoms with Crippen LogP contribution in [0.15, 0.2) is 12.1 Å². The zero-order valence-corrected chi connectivity index (χ0v) is 8.95. The van der Waals surface area contributed by atoms with Gasteiger partial charge < -0.3 is 5.32 Å². The van der Waals surface area contributed by atoms with Gasteiger partial charge in [0.1, 0.15) is 11.6 Å². The molecule has 1 aromatic rings. The Morgan fingerprint density at radius 3 is 2.53 bits per heavy atom. The molecule has 0 aliphatic carbocycles. The zero-order chi connectivity index (χ0) is 10.8. The van der Waals surface area contributed by atoms with Gasteiger partial charge in [0, 0.05) is 16.6 Å². The summed E-state index contributed by atoms with van der Waals surface area (Å²) >= 11 is 5.54. The molecule has 1 nitrogen and oxygen atoms in total. The Hall–Kier alpha value is -0.670. The van der Waals surface area contributed by atoms with E-state index in [2.05, 4.69) is 5.32 Å². The number of nitrogens with one attached hydrogen (secondary N) is 1. The minimum absolute atomic E-state index is 0.105. The van der Waals surface area contributed by atoms with E-state index in [0.717, 1.165) is 31.5 Å². The smallest absolute Gasteiger partial charge is 0.130 e. The topological polar surface area (TPSA) is 12.0 Å². The molecule has 1 atom stereocenters.